The molecule has 0 atom stereocenters. The minimum absolute atomic E-state index is 0.150. The Labute approximate surface area is 103 Å². The number of carbonyl (C=O) groups is 1. The van der Waals surface area contributed by atoms with Gasteiger partial charge in [0.2, 0.25) is 0 Å². The summed E-state index contributed by atoms with van der Waals surface area (Å²) >= 11 is 0. The Hall–Kier alpha value is -1.51. The normalized spacial score (nSPS) is 10.4. The summed E-state index contributed by atoms with van der Waals surface area (Å²) < 4.78 is 4.59. The molecule has 0 aliphatic rings. The first-order valence-electron chi connectivity index (χ1n) is 6.04. The summed E-state index contributed by atoms with van der Waals surface area (Å²) in [5, 5.41) is 3.31. The van der Waals surface area contributed by atoms with Crippen LogP contribution in [0.3, 0.4) is 0 Å². The highest BCUT2D eigenvalue weighted by molar-refractivity contribution is 5.69. The molecule has 0 fully saturated rings. The largest absolute Gasteiger partial charge is 0.469 e. The van der Waals surface area contributed by atoms with Crippen LogP contribution in [0.15, 0.2) is 24.3 Å². The topological polar surface area (TPSA) is 38.3 Å². The minimum atomic E-state index is -0.150. The van der Waals surface area contributed by atoms with E-state index in [1.165, 1.54) is 12.7 Å². The maximum Gasteiger partial charge on any atom is 0.305 e. The molecule has 0 aromatic heterocycles. The van der Waals surface area contributed by atoms with Crippen molar-refractivity contribution in [3.8, 4) is 0 Å². The Bertz CT molecular complexity index is 361. The van der Waals surface area contributed by atoms with Gasteiger partial charge in [0.25, 0.3) is 0 Å². The van der Waals surface area contributed by atoms with Gasteiger partial charge in [0.15, 0.2) is 0 Å². The molecule has 0 unspecified atom stereocenters. The van der Waals surface area contributed by atoms with E-state index in [1.54, 1.807) is 0 Å². The van der Waals surface area contributed by atoms with Crippen LogP contribution in [0.5, 0.6) is 0 Å². The molecule has 94 valence electrons. The van der Waals surface area contributed by atoms with Crippen molar-refractivity contribution in [2.45, 2.75) is 32.6 Å². The average molecular weight is 235 g/mol. The first-order valence-corrected chi connectivity index (χ1v) is 6.04. The first kappa shape index (κ1) is 13.6. The molecule has 1 aromatic carbocycles. The van der Waals surface area contributed by atoms with Crippen molar-refractivity contribution in [3.05, 3.63) is 29.8 Å². The maximum atomic E-state index is 10.9. The van der Waals surface area contributed by atoms with Crippen molar-refractivity contribution in [2.75, 3.05) is 19.0 Å². The predicted molar refractivity (Wildman–Crippen MR) is 70.3 cm³/mol. The lowest BCUT2D eigenvalue weighted by Gasteiger charge is -2.10. The number of anilines is 1. The highest BCUT2D eigenvalue weighted by Gasteiger charge is 2.01. The number of hydrogen-bond acceptors (Lipinski definition) is 3. The van der Waals surface area contributed by atoms with Gasteiger partial charge in [0, 0.05) is 18.7 Å². The van der Waals surface area contributed by atoms with Crippen LogP contribution in [0.4, 0.5) is 5.69 Å². The van der Waals surface area contributed by atoms with Gasteiger partial charge in [0.1, 0.15) is 0 Å². The van der Waals surface area contributed by atoms with E-state index < -0.39 is 0 Å². The van der Waals surface area contributed by atoms with Gasteiger partial charge in [-0.25, -0.2) is 0 Å². The van der Waals surface area contributed by atoms with E-state index in [-0.39, 0.29) is 5.97 Å². The van der Waals surface area contributed by atoms with Crippen molar-refractivity contribution < 1.29 is 9.53 Å². The molecule has 0 radical (unpaired) electrons. The summed E-state index contributed by atoms with van der Waals surface area (Å²) in [5.41, 5.74) is 2.43. The van der Waals surface area contributed by atoms with Gasteiger partial charge in [-0.1, -0.05) is 26.0 Å². The molecule has 0 aliphatic carbocycles. The van der Waals surface area contributed by atoms with Crippen LogP contribution < -0.4 is 5.32 Å². The number of hydrogen-bond donors (Lipinski definition) is 1. The smallest absolute Gasteiger partial charge is 0.305 e. The summed E-state index contributed by atoms with van der Waals surface area (Å²) in [6, 6.07) is 8.38. The van der Waals surface area contributed by atoms with Crippen LogP contribution >= 0.6 is 0 Å². The molecule has 1 aromatic rings. The number of nitrogens with one attached hydrogen (secondary N) is 1. The third-order valence-electron chi connectivity index (χ3n) is 2.67. The Morgan fingerprint density at radius 2 is 2.18 bits per heavy atom. The molecular formula is C14H21NO2. The zero-order valence-electron chi connectivity index (χ0n) is 10.8. The summed E-state index contributed by atoms with van der Waals surface area (Å²) in [6.45, 7) is 5.14. The molecule has 1 N–H and O–H groups in total. The lowest BCUT2D eigenvalue weighted by atomic mass is 10.0. The quantitative estimate of drug-likeness (QED) is 0.608. The first-order chi connectivity index (χ1) is 8.13. The SMILES string of the molecule is COC(=O)CCCNc1cccc(C(C)C)c1. The van der Waals surface area contributed by atoms with Crippen molar-refractivity contribution in [2.24, 2.45) is 0 Å². The number of methoxy groups -OCH3 is 1. The monoisotopic (exact) mass is 235 g/mol. The molecule has 0 aliphatic heterocycles. The summed E-state index contributed by atoms with van der Waals surface area (Å²) in [4.78, 5) is 10.9. The standard InChI is InChI=1S/C14H21NO2/c1-11(2)12-6-4-7-13(10-12)15-9-5-8-14(16)17-3/h4,6-7,10-11,15H,5,8-9H2,1-3H3. The van der Waals surface area contributed by atoms with Gasteiger partial charge in [-0.3, -0.25) is 4.79 Å². The summed E-state index contributed by atoms with van der Waals surface area (Å²) in [5.74, 6) is 0.384. The molecule has 0 saturated carbocycles. The fourth-order valence-corrected chi connectivity index (χ4v) is 1.58. The molecule has 17 heavy (non-hydrogen) atoms. The van der Waals surface area contributed by atoms with Gasteiger partial charge >= 0.3 is 5.97 Å². The number of ether oxygens (including phenoxy) is 1. The third kappa shape index (κ3) is 4.89. The minimum Gasteiger partial charge on any atom is -0.469 e. The Balaban J connectivity index is 2.36. The third-order valence-corrected chi connectivity index (χ3v) is 2.67. The lowest BCUT2D eigenvalue weighted by molar-refractivity contribution is -0.140. The van der Waals surface area contributed by atoms with Crippen molar-refractivity contribution in [3.63, 3.8) is 0 Å². The van der Waals surface area contributed by atoms with Gasteiger partial charge in [-0.05, 0) is 30.0 Å². The fraction of sp³-hybridized carbons (Fsp3) is 0.500. The molecule has 0 saturated heterocycles. The number of carbonyl (C=O) groups excluding carboxylic acids is 1. The zero-order chi connectivity index (χ0) is 12.7. The molecule has 0 bridgehead atoms. The van der Waals surface area contributed by atoms with Gasteiger partial charge in [0.05, 0.1) is 7.11 Å². The van der Waals surface area contributed by atoms with Crippen LogP contribution in [0, 0.1) is 0 Å². The van der Waals surface area contributed by atoms with E-state index in [0.717, 1.165) is 18.7 Å². The van der Waals surface area contributed by atoms with Crippen LogP contribution in [-0.4, -0.2) is 19.6 Å². The second-order valence-electron chi connectivity index (χ2n) is 4.39. The van der Waals surface area contributed by atoms with E-state index >= 15 is 0 Å². The van der Waals surface area contributed by atoms with E-state index in [1.807, 2.05) is 6.07 Å². The Kier molecular flexibility index (Phi) is 5.53. The lowest BCUT2D eigenvalue weighted by Crippen LogP contribution is -2.06. The molecule has 0 spiro atoms. The number of benzene rings is 1. The van der Waals surface area contributed by atoms with E-state index in [4.69, 9.17) is 0 Å². The Morgan fingerprint density at radius 1 is 1.41 bits per heavy atom. The van der Waals surface area contributed by atoms with Crippen LogP contribution in [-0.2, 0) is 9.53 Å². The number of esters is 1. The van der Waals surface area contributed by atoms with Crippen molar-refractivity contribution in [1.82, 2.24) is 0 Å². The van der Waals surface area contributed by atoms with Gasteiger partial charge in [-0.15, -0.1) is 0 Å². The number of rotatable bonds is 6. The van der Waals surface area contributed by atoms with Crippen molar-refractivity contribution >= 4 is 11.7 Å². The van der Waals surface area contributed by atoms with Crippen LogP contribution in [0.25, 0.3) is 0 Å². The molecule has 0 amide bonds. The van der Waals surface area contributed by atoms with Gasteiger partial charge < -0.3 is 10.1 Å². The molecule has 0 heterocycles. The highest BCUT2D eigenvalue weighted by atomic mass is 16.5. The average Bonchev–Trinajstić information content (AvgIpc) is 2.34. The molecule has 1 rings (SSSR count). The molecule has 3 heteroatoms. The van der Waals surface area contributed by atoms with Crippen LogP contribution in [0.1, 0.15) is 38.2 Å². The highest BCUT2D eigenvalue weighted by Crippen LogP contribution is 2.18. The Morgan fingerprint density at radius 3 is 2.82 bits per heavy atom. The maximum absolute atomic E-state index is 10.9. The predicted octanol–water partition coefficient (Wildman–Crippen LogP) is 3.18. The molecular weight excluding hydrogens is 214 g/mol. The van der Waals surface area contributed by atoms with E-state index in [9.17, 15) is 4.79 Å². The van der Waals surface area contributed by atoms with E-state index in [0.29, 0.717) is 12.3 Å². The van der Waals surface area contributed by atoms with Crippen molar-refractivity contribution in [1.29, 1.82) is 0 Å². The second-order valence-corrected chi connectivity index (χ2v) is 4.39. The van der Waals surface area contributed by atoms with Gasteiger partial charge in [-0.2, -0.15) is 0 Å². The van der Waals surface area contributed by atoms with E-state index in [2.05, 4.69) is 42.1 Å². The summed E-state index contributed by atoms with van der Waals surface area (Å²) in [7, 11) is 1.42. The second kappa shape index (κ2) is 6.94. The zero-order valence-corrected chi connectivity index (χ0v) is 10.8. The fourth-order valence-electron chi connectivity index (χ4n) is 1.58. The van der Waals surface area contributed by atoms with Crippen LogP contribution in [0.2, 0.25) is 0 Å². The summed E-state index contributed by atoms with van der Waals surface area (Å²) in [6.07, 6.45) is 1.26. The molecule has 3 nitrogen and oxygen atoms in total.